The molecule has 32 heteroatoms. The van der Waals surface area contributed by atoms with Crippen molar-refractivity contribution in [2.75, 3.05) is 39.6 Å². The van der Waals surface area contributed by atoms with Crippen LogP contribution in [-0.2, 0) is 61.6 Å². The Morgan fingerprint density at radius 1 is 0.537 bits per heavy atom. The first-order chi connectivity index (χ1) is 44.4. The third-order valence-corrected chi connectivity index (χ3v) is 24.5. The molecule has 4 saturated carbocycles. The topological polar surface area (TPSA) is 512 Å². The summed E-state index contributed by atoms with van der Waals surface area (Å²) in [6.07, 6.45) is -44.1. The van der Waals surface area contributed by atoms with E-state index < -0.39 is 274 Å². The smallest absolute Gasteiger partial charge is 0.317 e. The van der Waals surface area contributed by atoms with Gasteiger partial charge in [0, 0.05) is 11.3 Å². The van der Waals surface area contributed by atoms with Crippen molar-refractivity contribution in [1.29, 1.82) is 0 Å². The van der Waals surface area contributed by atoms with Gasteiger partial charge in [-0.25, -0.2) is 0 Å². The Morgan fingerprint density at radius 2 is 1.14 bits per heavy atom. The molecule has 0 aromatic rings. The lowest BCUT2D eigenvalue weighted by molar-refractivity contribution is -0.377. The van der Waals surface area contributed by atoms with Crippen LogP contribution in [0.2, 0.25) is 0 Å². The average Bonchev–Trinajstić information content (AvgIpc) is 1.01. The van der Waals surface area contributed by atoms with Gasteiger partial charge in [-0.2, -0.15) is 0 Å². The number of hydrogen-bond donors (Lipinski definition) is 19. The second kappa shape index (κ2) is 27.0. The molecule has 32 nitrogen and oxygen atoms in total. The molecule has 95 heavy (non-hydrogen) atoms. The number of carbonyl (C=O) groups excluding carboxylic acids is 1. The molecule has 0 radical (unpaired) electrons. The monoisotopic (exact) mass is 1370 g/mol. The number of aliphatic hydroxyl groups is 19. The van der Waals surface area contributed by atoms with Crippen LogP contribution in [0.15, 0.2) is 11.6 Å². The Morgan fingerprint density at radius 3 is 1.79 bits per heavy atom. The molecule has 5 aliphatic carbocycles. The van der Waals surface area contributed by atoms with E-state index in [1.54, 1.807) is 6.92 Å². The van der Waals surface area contributed by atoms with Crippen LogP contribution in [0, 0.1) is 50.2 Å². The first-order valence-electron chi connectivity index (χ1n) is 33.2. The van der Waals surface area contributed by atoms with E-state index in [0.717, 1.165) is 5.57 Å². The van der Waals surface area contributed by atoms with Crippen LogP contribution >= 0.6 is 0 Å². The predicted molar refractivity (Wildman–Crippen MR) is 313 cm³/mol. The van der Waals surface area contributed by atoms with Crippen molar-refractivity contribution in [2.24, 2.45) is 50.2 Å². The molecule has 0 spiro atoms. The van der Waals surface area contributed by atoms with Crippen LogP contribution in [0.25, 0.3) is 0 Å². The quantitative estimate of drug-likeness (QED) is 0.0412. The molecule has 546 valence electrons. The molecule has 0 amide bonds. The first-order valence-corrected chi connectivity index (χ1v) is 33.2. The van der Waals surface area contributed by atoms with Crippen LogP contribution in [-0.4, -0.2) is 326 Å². The normalized spacial score (nSPS) is 56.3. The van der Waals surface area contributed by atoms with Gasteiger partial charge < -0.3 is 154 Å². The van der Waals surface area contributed by atoms with E-state index in [1.165, 1.54) is 13.8 Å². The SMILES string of the molecule is CC1OC(OC2C(O)COC(OC3C(C)OC(OC4C(OC(=O)C56CCC(C)(C)CC5C5=CCC7C8(C)CC(O)C(OC9OC(CO)C(O)C(OC%10OCC(O)(CO)C%10O)C9O)C(C)(CO)C8C(O)CC7(C)C5(C)CC6O)OCC(O)C4O)C(O)C3O)C2O)C(O)C(O)C1O. The van der Waals surface area contributed by atoms with E-state index in [1.807, 2.05) is 20.8 Å². The van der Waals surface area contributed by atoms with Gasteiger partial charge in [-0.15, -0.1) is 0 Å². The molecule has 11 aliphatic rings. The molecule has 0 aromatic carbocycles. The van der Waals surface area contributed by atoms with Crippen molar-refractivity contribution in [3.05, 3.63) is 11.6 Å². The Balaban J connectivity index is 0.804. The molecule has 11 rings (SSSR count). The van der Waals surface area contributed by atoms with Crippen molar-refractivity contribution in [1.82, 2.24) is 0 Å². The summed E-state index contributed by atoms with van der Waals surface area (Å²) in [5.41, 5.74) is -7.76. The maximum atomic E-state index is 15.6. The van der Waals surface area contributed by atoms with E-state index in [-0.39, 0.29) is 31.6 Å². The zero-order valence-electron chi connectivity index (χ0n) is 54.5. The first kappa shape index (κ1) is 74.2. The highest BCUT2D eigenvalue weighted by atomic mass is 16.8. The van der Waals surface area contributed by atoms with Crippen molar-refractivity contribution in [3.63, 3.8) is 0 Å². The number of allylic oxidation sites excluding steroid dienone is 2. The summed E-state index contributed by atoms with van der Waals surface area (Å²) in [4.78, 5) is 15.6. The van der Waals surface area contributed by atoms with Gasteiger partial charge in [-0.05, 0) is 92.3 Å². The number of ether oxygens (including phenoxy) is 12. The van der Waals surface area contributed by atoms with E-state index in [4.69, 9.17) is 56.8 Å². The van der Waals surface area contributed by atoms with Gasteiger partial charge in [-0.3, -0.25) is 4.79 Å². The number of rotatable bonds is 15. The number of aliphatic hydroxyl groups excluding tert-OH is 18. The molecule has 38 unspecified atom stereocenters. The summed E-state index contributed by atoms with van der Waals surface area (Å²) in [7, 11) is 0. The zero-order valence-corrected chi connectivity index (χ0v) is 54.5. The van der Waals surface area contributed by atoms with Crippen molar-refractivity contribution < 1.29 is 159 Å². The van der Waals surface area contributed by atoms with Gasteiger partial charge in [0.2, 0.25) is 6.29 Å². The van der Waals surface area contributed by atoms with Crippen LogP contribution < -0.4 is 0 Å². The summed E-state index contributed by atoms with van der Waals surface area (Å²) in [5, 5.41) is 213. The molecule has 6 aliphatic heterocycles. The maximum absolute atomic E-state index is 15.6. The van der Waals surface area contributed by atoms with Crippen molar-refractivity contribution in [2.45, 2.75) is 284 Å². The number of hydrogen-bond acceptors (Lipinski definition) is 32. The predicted octanol–water partition coefficient (Wildman–Crippen LogP) is -6.53. The maximum Gasteiger partial charge on any atom is 0.317 e. The Hall–Kier alpha value is -1.99. The second-order valence-electron chi connectivity index (χ2n) is 30.9. The van der Waals surface area contributed by atoms with Crippen LogP contribution in [0.5, 0.6) is 0 Å². The fourth-order valence-electron chi connectivity index (χ4n) is 19.0. The number of esters is 1. The minimum absolute atomic E-state index is 0.0330. The minimum Gasteiger partial charge on any atom is -0.432 e. The number of carbonyl (C=O) groups is 1. The third kappa shape index (κ3) is 12.2. The average molecular weight is 1370 g/mol. The molecule has 38 atom stereocenters. The van der Waals surface area contributed by atoms with Crippen molar-refractivity contribution >= 4 is 5.97 Å². The summed E-state index contributed by atoms with van der Waals surface area (Å²) in [5.74, 6) is -2.84. The van der Waals surface area contributed by atoms with Gasteiger partial charge in [0.05, 0.1) is 76.3 Å². The van der Waals surface area contributed by atoms with E-state index >= 15 is 4.79 Å². The third-order valence-electron chi connectivity index (χ3n) is 24.5. The standard InChI is InChI=1S/C63H102O32/c1-23-34(72)37(75)39(77)51(87-23)91-44-30(70)19-84-50(41(44)79)90-43-24(2)88-52(40(78)38(43)76)93-46-35(73)29(69)18-85-54(46)95-56(82)63-12-11-57(3,4)13-26(63)25-9-10-32-58(5)14-28(68)49(59(6,20-65)47(58)27(67)15-61(32,8)60(25,7)16-33(63)71)94-53-42(80)45(36(74)31(17-64)89-53)92-55-48(81)62(83,21-66)22-86-55/h9,23-24,26-55,64-81,83H,10-22H2,1-8H3. The fourth-order valence-corrected chi connectivity index (χ4v) is 19.0. The zero-order chi connectivity index (χ0) is 69.5. The Bertz CT molecular complexity index is 2720. The minimum atomic E-state index is -2.13. The van der Waals surface area contributed by atoms with Gasteiger partial charge >= 0.3 is 5.97 Å². The molecule has 0 bridgehead atoms. The summed E-state index contributed by atoms with van der Waals surface area (Å²) >= 11 is 0. The highest BCUT2D eigenvalue weighted by Gasteiger charge is 2.75. The van der Waals surface area contributed by atoms with Crippen LogP contribution in [0.3, 0.4) is 0 Å². The van der Waals surface area contributed by atoms with Crippen molar-refractivity contribution in [3.8, 4) is 0 Å². The highest BCUT2D eigenvalue weighted by molar-refractivity contribution is 5.80. The molecular weight excluding hydrogens is 1270 g/mol. The van der Waals surface area contributed by atoms with Gasteiger partial charge in [0.1, 0.15) is 109 Å². The molecule has 6 saturated heterocycles. The van der Waals surface area contributed by atoms with Gasteiger partial charge in [-0.1, -0.05) is 53.2 Å². The van der Waals surface area contributed by atoms with E-state index in [2.05, 4.69) is 19.9 Å². The highest BCUT2D eigenvalue weighted by Crippen LogP contribution is 2.76. The van der Waals surface area contributed by atoms with Gasteiger partial charge in [0.15, 0.2) is 37.6 Å². The summed E-state index contributed by atoms with van der Waals surface area (Å²) < 4.78 is 70.5. The lowest BCUT2D eigenvalue weighted by atomic mass is 9.32. The second-order valence-corrected chi connectivity index (χ2v) is 30.9. The summed E-state index contributed by atoms with van der Waals surface area (Å²) in [6.45, 7) is 10.5. The number of fused-ring (bicyclic) bond motifs is 7. The fraction of sp³-hybridized carbons (Fsp3) is 0.952. The molecule has 19 N–H and O–H groups in total. The van der Waals surface area contributed by atoms with Gasteiger partial charge in [0.25, 0.3) is 0 Å². The molecular formula is C63H102O32. The van der Waals surface area contributed by atoms with E-state index in [9.17, 15) is 97.0 Å². The lowest BCUT2D eigenvalue weighted by Gasteiger charge is -2.73. The lowest BCUT2D eigenvalue weighted by Crippen LogP contribution is -2.73. The molecule has 6 heterocycles. The summed E-state index contributed by atoms with van der Waals surface area (Å²) in [6, 6.07) is 0. The largest absolute Gasteiger partial charge is 0.432 e. The van der Waals surface area contributed by atoms with Crippen LogP contribution in [0.4, 0.5) is 0 Å². The molecule has 0 aromatic heterocycles. The molecule has 10 fully saturated rings. The van der Waals surface area contributed by atoms with E-state index in [0.29, 0.717) is 19.3 Å². The Labute approximate surface area is 548 Å². The Kier molecular flexibility index (Phi) is 21.1. The van der Waals surface area contributed by atoms with Crippen LogP contribution in [0.1, 0.15) is 100 Å².